The van der Waals surface area contributed by atoms with Gasteiger partial charge in [0.25, 0.3) is 0 Å². The van der Waals surface area contributed by atoms with Gasteiger partial charge in [-0.1, -0.05) is 0 Å². The summed E-state index contributed by atoms with van der Waals surface area (Å²) in [5, 5.41) is 0. The second kappa shape index (κ2) is 2.27. The Morgan fingerprint density at radius 1 is 1.56 bits per heavy atom. The van der Waals surface area contributed by atoms with Crippen LogP contribution in [0.15, 0.2) is 12.5 Å². The number of aromatic nitrogens is 2. The van der Waals surface area contributed by atoms with E-state index in [2.05, 4.69) is 15.4 Å². The second-order valence-electron chi connectivity index (χ2n) is 1.47. The molecule has 1 rings (SSSR count). The third-order valence-corrected chi connectivity index (χ3v) is 0.877. The fraction of sp³-hybridized carbons (Fsp3) is 0. The van der Waals surface area contributed by atoms with Crippen LogP contribution in [0, 0.1) is 0 Å². The highest BCUT2D eigenvalue weighted by atomic mass is 15.3. The number of hydrogen-bond acceptors (Lipinski definition) is 5. The summed E-state index contributed by atoms with van der Waals surface area (Å²) in [4.78, 5) is 7.39. The Kier molecular flexibility index (Phi) is 1.46. The predicted molar refractivity (Wildman–Crippen MR) is 34.3 cm³/mol. The average Bonchev–Trinajstić information content (AvgIpc) is 1.89. The lowest BCUT2D eigenvalue weighted by molar-refractivity contribution is 1.14. The van der Waals surface area contributed by atoms with Gasteiger partial charge in [-0.3, -0.25) is 0 Å². The highest BCUT2D eigenvalue weighted by Gasteiger charge is 1.92. The van der Waals surface area contributed by atoms with Gasteiger partial charge in [0.1, 0.15) is 6.33 Å². The molecule has 0 saturated carbocycles. The Morgan fingerprint density at radius 2 is 2.33 bits per heavy atom. The highest BCUT2D eigenvalue weighted by Crippen LogP contribution is 2.07. The van der Waals surface area contributed by atoms with Crippen LogP contribution in [-0.4, -0.2) is 9.97 Å². The van der Waals surface area contributed by atoms with Crippen LogP contribution in [0.4, 0.5) is 11.5 Å². The third kappa shape index (κ3) is 1.06. The van der Waals surface area contributed by atoms with E-state index in [0.29, 0.717) is 11.5 Å². The largest absolute Gasteiger partial charge is 0.394 e. The molecular formula is C4H7N5. The molecule has 0 bridgehead atoms. The molecule has 0 atom stereocenters. The van der Waals surface area contributed by atoms with Crippen LogP contribution < -0.4 is 17.0 Å². The van der Waals surface area contributed by atoms with Crippen molar-refractivity contribution in [2.75, 3.05) is 11.2 Å². The molecule has 9 heavy (non-hydrogen) atoms. The van der Waals surface area contributed by atoms with Crippen LogP contribution in [0.5, 0.6) is 0 Å². The summed E-state index contributed by atoms with van der Waals surface area (Å²) in [6.45, 7) is 0. The second-order valence-corrected chi connectivity index (χ2v) is 1.47. The Bertz CT molecular complexity index is 198. The first kappa shape index (κ1) is 5.77. The lowest BCUT2D eigenvalue weighted by Gasteiger charge is -1.98. The molecule has 1 aromatic heterocycles. The monoisotopic (exact) mass is 125 g/mol. The van der Waals surface area contributed by atoms with Crippen LogP contribution in [0.3, 0.4) is 0 Å². The first-order valence-corrected chi connectivity index (χ1v) is 2.36. The molecule has 5 heteroatoms. The molecule has 5 N–H and O–H groups in total. The molecule has 1 aromatic rings. The zero-order chi connectivity index (χ0) is 6.69. The quantitative estimate of drug-likeness (QED) is 0.342. The van der Waals surface area contributed by atoms with Gasteiger partial charge in [-0.2, -0.15) is 0 Å². The van der Waals surface area contributed by atoms with Crippen molar-refractivity contribution in [2.24, 2.45) is 5.84 Å². The van der Waals surface area contributed by atoms with E-state index >= 15 is 0 Å². The minimum absolute atomic E-state index is 0.444. The summed E-state index contributed by atoms with van der Waals surface area (Å²) in [7, 11) is 0. The molecule has 48 valence electrons. The number of hydrazine groups is 1. The Labute approximate surface area is 52.1 Å². The van der Waals surface area contributed by atoms with E-state index in [0.717, 1.165) is 0 Å². The van der Waals surface area contributed by atoms with Crippen molar-refractivity contribution < 1.29 is 0 Å². The molecule has 0 aliphatic heterocycles. The van der Waals surface area contributed by atoms with Crippen LogP contribution in [0.1, 0.15) is 0 Å². The van der Waals surface area contributed by atoms with E-state index < -0.39 is 0 Å². The van der Waals surface area contributed by atoms with Gasteiger partial charge in [0.05, 0.1) is 11.9 Å². The summed E-state index contributed by atoms with van der Waals surface area (Å²) < 4.78 is 0. The smallest absolute Gasteiger partial charge is 0.166 e. The van der Waals surface area contributed by atoms with E-state index in [1.807, 2.05) is 0 Å². The lowest BCUT2D eigenvalue weighted by atomic mass is 10.5. The van der Waals surface area contributed by atoms with Crippen molar-refractivity contribution >= 4 is 11.5 Å². The Hall–Kier alpha value is -1.36. The summed E-state index contributed by atoms with van der Waals surface area (Å²) >= 11 is 0. The molecule has 0 fully saturated rings. The van der Waals surface area contributed by atoms with Crippen molar-refractivity contribution in [1.82, 2.24) is 9.97 Å². The predicted octanol–water partition coefficient (Wildman–Crippen LogP) is -0.656. The summed E-state index contributed by atoms with van der Waals surface area (Å²) in [6.07, 6.45) is 2.84. The number of rotatable bonds is 1. The first-order valence-electron chi connectivity index (χ1n) is 2.36. The summed E-state index contributed by atoms with van der Waals surface area (Å²) in [6, 6.07) is 0. The number of nitrogens with zero attached hydrogens (tertiary/aromatic N) is 2. The minimum Gasteiger partial charge on any atom is -0.394 e. The van der Waals surface area contributed by atoms with Gasteiger partial charge in [-0.05, 0) is 0 Å². The molecule has 0 saturated heterocycles. The van der Waals surface area contributed by atoms with Gasteiger partial charge >= 0.3 is 0 Å². The molecule has 0 unspecified atom stereocenters. The molecule has 1 heterocycles. The SMILES string of the molecule is NNc1ncncc1N. The average molecular weight is 125 g/mol. The molecule has 0 radical (unpaired) electrons. The van der Waals surface area contributed by atoms with Crippen LogP contribution in [0.25, 0.3) is 0 Å². The zero-order valence-electron chi connectivity index (χ0n) is 4.70. The molecule has 0 aliphatic carbocycles. The molecule has 0 amide bonds. The van der Waals surface area contributed by atoms with Gasteiger partial charge in [0.2, 0.25) is 0 Å². The van der Waals surface area contributed by atoms with Gasteiger partial charge in [-0.15, -0.1) is 0 Å². The number of nitrogens with one attached hydrogen (secondary N) is 1. The highest BCUT2D eigenvalue weighted by molar-refractivity contribution is 5.57. The Morgan fingerprint density at radius 3 is 2.78 bits per heavy atom. The number of hydrogen-bond donors (Lipinski definition) is 3. The standard InChI is InChI=1S/C4H7N5/c5-3-1-7-2-8-4(3)9-6/h1-2H,5-6H2,(H,7,8,9). The minimum atomic E-state index is 0.444. The number of nitrogens with two attached hydrogens (primary N) is 2. The molecular weight excluding hydrogens is 118 g/mol. The van der Waals surface area contributed by atoms with Crippen LogP contribution in [0.2, 0.25) is 0 Å². The summed E-state index contributed by atoms with van der Waals surface area (Å²) in [5.41, 5.74) is 8.13. The van der Waals surface area contributed by atoms with Gasteiger partial charge < -0.3 is 11.2 Å². The maximum Gasteiger partial charge on any atom is 0.166 e. The van der Waals surface area contributed by atoms with Crippen molar-refractivity contribution in [1.29, 1.82) is 0 Å². The van der Waals surface area contributed by atoms with Crippen LogP contribution in [-0.2, 0) is 0 Å². The van der Waals surface area contributed by atoms with E-state index in [-0.39, 0.29) is 0 Å². The normalized spacial score (nSPS) is 9.00. The van der Waals surface area contributed by atoms with E-state index in [1.54, 1.807) is 0 Å². The Balaban J connectivity index is 3.01. The molecule has 0 aliphatic rings. The maximum absolute atomic E-state index is 5.36. The van der Waals surface area contributed by atoms with E-state index in [1.165, 1.54) is 12.5 Å². The molecule has 5 nitrogen and oxygen atoms in total. The van der Waals surface area contributed by atoms with Crippen molar-refractivity contribution in [2.45, 2.75) is 0 Å². The first-order chi connectivity index (χ1) is 4.34. The fourth-order valence-corrected chi connectivity index (χ4v) is 0.461. The van der Waals surface area contributed by atoms with Crippen LogP contribution >= 0.6 is 0 Å². The topological polar surface area (TPSA) is 89.8 Å². The number of nitrogen functional groups attached to an aromatic ring is 2. The third-order valence-electron chi connectivity index (χ3n) is 0.877. The zero-order valence-corrected chi connectivity index (χ0v) is 4.70. The van der Waals surface area contributed by atoms with Gasteiger partial charge in [-0.25, -0.2) is 15.8 Å². The number of anilines is 2. The maximum atomic E-state index is 5.36. The summed E-state index contributed by atoms with van der Waals surface area (Å²) in [5.74, 6) is 5.48. The molecule has 0 aromatic carbocycles. The lowest BCUT2D eigenvalue weighted by Crippen LogP contribution is -2.10. The van der Waals surface area contributed by atoms with Gasteiger partial charge in [0.15, 0.2) is 5.82 Å². The van der Waals surface area contributed by atoms with Crippen molar-refractivity contribution in [3.8, 4) is 0 Å². The van der Waals surface area contributed by atoms with E-state index in [4.69, 9.17) is 11.6 Å². The molecule has 0 spiro atoms. The van der Waals surface area contributed by atoms with Crippen molar-refractivity contribution in [3.63, 3.8) is 0 Å². The van der Waals surface area contributed by atoms with Crippen molar-refractivity contribution in [3.05, 3.63) is 12.5 Å². The fourth-order valence-electron chi connectivity index (χ4n) is 0.461. The van der Waals surface area contributed by atoms with Gasteiger partial charge in [0, 0.05) is 0 Å². The van der Waals surface area contributed by atoms with E-state index in [9.17, 15) is 0 Å².